The number of carbonyl (C=O) groups excluding carboxylic acids is 1. The zero-order valence-corrected chi connectivity index (χ0v) is 18.3. The average Bonchev–Trinajstić information content (AvgIpc) is 2.80. The SMILES string of the molecule is COc1ccc(CN2CCN(C(=O)COc3ccc(Cl)cc3)CC2)cc1.O=C(O)C(=O)O. The fourth-order valence-electron chi connectivity index (χ4n) is 2.91. The Balaban J connectivity index is 0.000000534. The van der Waals surface area contributed by atoms with E-state index in [-0.39, 0.29) is 12.5 Å². The minimum atomic E-state index is -1.82. The maximum absolute atomic E-state index is 12.3. The number of rotatable bonds is 6. The number of amides is 1. The number of hydrogen-bond acceptors (Lipinski definition) is 6. The lowest BCUT2D eigenvalue weighted by Gasteiger charge is -2.34. The molecule has 2 aromatic carbocycles. The molecule has 10 heteroatoms. The largest absolute Gasteiger partial charge is 0.497 e. The van der Waals surface area contributed by atoms with Crippen LogP contribution in [0.1, 0.15) is 5.56 Å². The third-order valence-electron chi connectivity index (χ3n) is 4.65. The number of nitrogens with zero attached hydrogens (tertiary/aromatic N) is 2. The van der Waals surface area contributed by atoms with Crippen molar-refractivity contribution in [2.45, 2.75) is 6.54 Å². The lowest BCUT2D eigenvalue weighted by atomic mass is 10.2. The van der Waals surface area contributed by atoms with E-state index < -0.39 is 11.9 Å². The van der Waals surface area contributed by atoms with Gasteiger partial charge >= 0.3 is 11.9 Å². The molecular weight excluding hydrogens is 440 g/mol. The first kappa shape index (κ1) is 25.0. The third kappa shape index (κ3) is 8.44. The van der Waals surface area contributed by atoms with Crippen LogP contribution in [-0.2, 0) is 20.9 Å². The van der Waals surface area contributed by atoms with Gasteiger partial charge in [0.05, 0.1) is 7.11 Å². The molecule has 3 rings (SSSR count). The van der Waals surface area contributed by atoms with Crippen LogP contribution in [0, 0.1) is 0 Å². The molecule has 1 aliphatic rings. The number of benzene rings is 2. The van der Waals surface area contributed by atoms with Crippen LogP contribution in [0.25, 0.3) is 0 Å². The smallest absolute Gasteiger partial charge is 0.414 e. The normalized spacial score (nSPS) is 13.5. The molecule has 1 aliphatic heterocycles. The van der Waals surface area contributed by atoms with Crippen LogP contribution in [0.2, 0.25) is 5.02 Å². The molecule has 0 atom stereocenters. The number of halogens is 1. The van der Waals surface area contributed by atoms with Crippen LogP contribution in [0.3, 0.4) is 0 Å². The highest BCUT2D eigenvalue weighted by Gasteiger charge is 2.21. The molecule has 1 heterocycles. The Labute approximate surface area is 190 Å². The number of carbonyl (C=O) groups is 3. The maximum atomic E-state index is 12.3. The van der Waals surface area contributed by atoms with Crippen molar-refractivity contribution in [2.75, 3.05) is 39.9 Å². The van der Waals surface area contributed by atoms with Gasteiger partial charge in [-0.2, -0.15) is 0 Å². The van der Waals surface area contributed by atoms with Crippen molar-refractivity contribution in [1.29, 1.82) is 0 Å². The number of piperazine rings is 1. The molecule has 0 bridgehead atoms. The lowest BCUT2D eigenvalue weighted by molar-refractivity contribution is -0.159. The van der Waals surface area contributed by atoms with Crippen molar-refractivity contribution in [3.8, 4) is 11.5 Å². The molecule has 1 saturated heterocycles. The molecule has 0 radical (unpaired) electrons. The summed E-state index contributed by atoms with van der Waals surface area (Å²) in [7, 11) is 1.67. The molecule has 0 spiro atoms. The number of carboxylic acid groups (broad SMARTS) is 2. The molecule has 0 aromatic heterocycles. The number of hydrogen-bond donors (Lipinski definition) is 2. The van der Waals surface area contributed by atoms with Gasteiger partial charge in [0, 0.05) is 37.7 Å². The number of carboxylic acids is 2. The summed E-state index contributed by atoms with van der Waals surface area (Å²) in [6, 6.07) is 15.1. The molecular formula is C22H25ClN2O7. The third-order valence-corrected chi connectivity index (χ3v) is 4.90. The van der Waals surface area contributed by atoms with Crippen LogP contribution in [0.15, 0.2) is 48.5 Å². The van der Waals surface area contributed by atoms with Crippen molar-refractivity contribution >= 4 is 29.4 Å². The Bertz CT molecular complexity index is 884. The van der Waals surface area contributed by atoms with Gasteiger partial charge in [0.1, 0.15) is 11.5 Å². The summed E-state index contributed by atoms with van der Waals surface area (Å²) in [6.07, 6.45) is 0. The van der Waals surface area contributed by atoms with Crippen molar-refractivity contribution in [3.05, 3.63) is 59.1 Å². The van der Waals surface area contributed by atoms with E-state index in [1.54, 1.807) is 31.4 Å². The number of aliphatic carboxylic acids is 2. The first-order chi connectivity index (χ1) is 15.3. The van der Waals surface area contributed by atoms with Gasteiger partial charge in [-0.05, 0) is 42.0 Å². The molecule has 172 valence electrons. The fraction of sp³-hybridized carbons (Fsp3) is 0.318. The number of methoxy groups -OCH3 is 1. The Morgan fingerprint density at radius 3 is 1.91 bits per heavy atom. The highest BCUT2D eigenvalue weighted by Crippen LogP contribution is 2.16. The predicted octanol–water partition coefficient (Wildman–Crippen LogP) is 2.23. The molecule has 0 saturated carbocycles. The van der Waals surface area contributed by atoms with Crippen molar-refractivity contribution in [2.24, 2.45) is 0 Å². The highest BCUT2D eigenvalue weighted by atomic mass is 35.5. The van der Waals surface area contributed by atoms with Crippen LogP contribution >= 0.6 is 11.6 Å². The minimum Gasteiger partial charge on any atom is -0.497 e. The van der Waals surface area contributed by atoms with Gasteiger partial charge in [0.25, 0.3) is 5.91 Å². The monoisotopic (exact) mass is 464 g/mol. The zero-order valence-electron chi connectivity index (χ0n) is 17.6. The Morgan fingerprint density at radius 1 is 0.875 bits per heavy atom. The Kier molecular flexibility index (Phi) is 9.77. The van der Waals surface area contributed by atoms with Gasteiger partial charge in [-0.1, -0.05) is 23.7 Å². The van der Waals surface area contributed by atoms with Crippen LogP contribution in [0.5, 0.6) is 11.5 Å². The summed E-state index contributed by atoms with van der Waals surface area (Å²) in [4.78, 5) is 34.7. The number of ether oxygens (including phenoxy) is 2. The zero-order chi connectivity index (χ0) is 23.5. The van der Waals surface area contributed by atoms with E-state index in [0.717, 1.165) is 38.5 Å². The minimum absolute atomic E-state index is 0.0176. The van der Waals surface area contributed by atoms with Crippen LogP contribution in [-0.4, -0.2) is 77.8 Å². The van der Waals surface area contributed by atoms with E-state index in [9.17, 15) is 4.79 Å². The van der Waals surface area contributed by atoms with Gasteiger partial charge in [-0.15, -0.1) is 0 Å². The summed E-state index contributed by atoms with van der Waals surface area (Å²) in [5.74, 6) is -2.11. The summed E-state index contributed by atoms with van der Waals surface area (Å²) in [6.45, 7) is 4.10. The van der Waals surface area contributed by atoms with Crippen molar-refractivity contribution in [1.82, 2.24) is 9.80 Å². The van der Waals surface area contributed by atoms with Gasteiger partial charge < -0.3 is 24.6 Å². The lowest BCUT2D eigenvalue weighted by Crippen LogP contribution is -2.49. The van der Waals surface area contributed by atoms with Crippen molar-refractivity contribution < 1.29 is 34.1 Å². The van der Waals surface area contributed by atoms with Gasteiger partial charge in [-0.3, -0.25) is 9.69 Å². The molecule has 0 unspecified atom stereocenters. The standard InChI is InChI=1S/C20H23ClN2O3.C2H2O4/c1-25-18-6-2-16(3-7-18)14-22-10-12-23(13-11-22)20(24)15-26-19-8-4-17(21)5-9-19;3-1(4)2(5)6/h2-9H,10-15H2,1H3;(H,3,4)(H,5,6). The second kappa shape index (κ2) is 12.5. The molecule has 32 heavy (non-hydrogen) atoms. The van der Waals surface area contributed by atoms with Crippen molar-refractivity contribution in [3.63, 3.8) is 0 Å². The molecule has 1 amide bonds. The topological polar surface area (TPSA) is 117 Å². The van der Waals surface area contributed by atoms with E-state index >= 15 is 0 Å². The second-order valence-corrected chi connectivity index (χ2v) is 7.29. The molecule has 2 aromatic rings. The van der Waals surface area contributed by atoms with Crippen LogP contribution < -0.4 is 9.47 Å². The quantitative estimate of drug-likeness (QED) is 0.625. The Morgan fingerprint density at radius 2 is 1.41 bits per heavy atom. The summed E-state index contributed by atoms with van der Waals surface area (Å²) in [5, 5.41) is 15.4. The molecule has 9 nitrogen and oxygen atoms in total. The van der Waals surface area contributed by atoms with E-state index in [0.29, 0.717) is 10.8 Å². The van der Waals surface area contributed by atoms with E-state index in [1.165, 1.54) is 5.56 Å². The molecule has 2 N–H and O–H groups in total. The molecule has 1 fully saturated rings. The average molecular weight is 465 g/mol. The van der Waals surface area contributed by atoms with Gasteiger partial charge in [-0.25, -0.2) is 9.59 Å². The Hall–Kier alpha value is -3.30. The molecule has 0 aliphatic carbocycles. The van der Waals surface area contributed by atoms with E-state index in [1.807, 2.05) is 17.0 Å². The second-order valence-electron chi connectivity index (χ2n) is 6.86. The van der Waals surface area contributed by atoms with Gasteiger partial charge in [0.2, 0.25) is 0 Å². The van der Waals surface area contributed by atoms with E-state index in [4.69, 9.17) is 40.9 Å². The fourth-order valence-corrected chi connectivity index (χ4v) is 3.04. The first-order valence-corrected chi connectivity index (χ1v) is 10.1. The van der Waals surface area contributed by atoms with Gasteiger partial charge in [0.15, 0.2) is 6.61 Å². The maximum Gasteiger partial charge on any atom is 0.414 e. The van der Waals surface area contributed by atoms with E-state index in [2.05, 4.69) is 17.0 Å². The first-order valence-electron chi connectivity index (χ1n) is 9.76. The summed E-state index contributed by atoms with van der Waals surface area (Å²) >= 11 is 5.84. The summed E-state index contributed by atoms with van der Waals surface area (Å²) in [5.41, 5.74) is 1.25. The van der Waals surface area contributed by atoms with Crippen LogP contribution in [0.4, 0.5) is 0 Å². The summed E-state index contributed by atoms with van der Waals surface area (Å²) < 4.78 is 10.7. The predicted molar refractivity (Wildman–Crippen MR) is 117 cm³/mol. The highest BCUT2D eigenvalue weighted by molar-refractivity contribution is 6.30.